The van der Waals surface area contributed by atoms with Gasteiger partial charge >= 0.3 is 12.0 Å². The molecule has 2 N–H and O–H groups in total. The van der Waals surface area contributed by atoms with E-state index in [0.29, 0.717) is 12.0 Å². The summed E-state index contributed by atoms with van der Waals surface area (Å²) < 4.78 is 0. The molecule has 1 fully saturated rings. The third-order valence-corrected chi connectivity index (χ3v) is 4.56. The number of hydrogen-bond acceptors (Lipinski definition) is 3. The molecular formula is C17H22N2O4. The summed E-state index contributed by atoms with van der Waals surface area (Å²) in [6, 6.07) is 6.79. The summed E-state index contributed by atoms with van der Waals surface area (Å²) in [5.41, 5.74) is -1.03. The van der Waals surface area contributed by atoms with Crippen molar-refractivity contribution in [3.05, 3.63) is 35.4 Å². The fourth-order valence-corrected chi connectivity index (χ4v) is 2.84. The third kappa shape index (κ3) is 2.48. The number of nitrogens with one attached hydrogen (secondary N) is 1. The van der Waals surface area contributed by atoms with Crippen molar-refractivity contribution >= 4 is 17.9 Å². The average Bonchev–Trinajstić information content (AvgIpc) is 2.79. The van der Waals surface area contributed by atoms with Crippen LogP contribution < -0.4 is 5.32 Å². The van der Waals surface area contributed by atoms with Crippen LogP contribution in [-0.4, -0.2) is 33.5 Å². The largest absolute Gasteiger partial charge is 0.480 e. The minimum absolute atomic E-state index is 0.343. The number of aliphatic carboxylic acids is 1. The molecule has 1 aromatic rings. The minimum atomic E-state index is -1.61. The van der Waals surface area contributed by atoms with Crippen molar-refractivity contribution in [2.24, 2.45) is 0 Å². The van der Waals surface area contributed by atoms with Crippen LogP contribution in [0, 0.1) is 0 Å². The van der Waals surface area contributed by atoms with Gasteiger partial charge in [-0.25, -0.2) is 14.5 Å². The van der Waals surface area contributed by atoms with Gasteiger partial charge in [0.1, 0.15) is 11.1 Å². The van der Waals surface area contributed by atoms with Gasteiger partial charge in [-0.2, -0.15) is 0 Å². The van der Waals surface area contributed by atoms with Gasteiger partial charge in [0.25, 0.3) is 5.91 Å². The van der Waals surface area contributed by atoms with E-state index in [1.165, 1.54) is 13.8 Å². The summed E-state index contributed by atoms with van der Waals surface area (Å²) in [7, 11) is 0. The van der Waals surface area contributed by atoms with Gasteiger partial charge in [-0.05, 0) is 37.8 Å². The molecule has 6 heteroatoms. The maximum atomic E-state index is 13.0. The Morgan fingerprint density at radius 1 is 1.22 bits per heavy atom. The minimum Gasteiger partial charge on any atom is -0.480 e. The molecule has 124 valence electrons. The molecule has 0 aliphatic carbocycles. The average molecular weight is 318 g/mol. The standard InChI is InChI=1S/C17H22N2O4/c1-5-11-7-9-12(10-8-11)17(6-2)13(20)19(15(23)18-17)16(3,4)14(21)22/h7-10H,5-6H2,1-4H3,(H,18,23)(H,21,22). The first-order valence-electron chi connectivity index (χ1n) is 7.70. The summed E-state index contributed by atoms with van der Waals surface area (Å²) in [4.78, 5) is 37.5. The maximum absolute atomic E-state index is 13.0. The molecule has 2 rings (SSSR count). The van der Waals surface area contributed by atoms with Crippen molar-refractivity contribution in [2.75, 3.05) is 0 Å². The Hall–Kier alpha value is -2.37. The highest BCUT2D eigenvalue weighted by atomic mass is 16.4. The van der Waals surface area contributed by atoms with Crippen LogP contribution in [-0.2, 0) is 21.5 Å². The number of aryl methyl sites for hydroxylation is 1. The lowest BCUT2D eigenvalue weighted by Crippen LogP contribution is -2.54. The number of amides is 3. The highest BCUT2D eigenvalue weighted by Crippen LogP contribution is 2.36. The van der Waals surface area contributed by atoms with E-state index in [1.807, 2.05) is 31.2 Å². The molecule has 1 atom stereocenters. The SMILES string of the molecule is CCc1ccc(C2(CC)NC(=O)N(C(C)(C)C(=O)O)C2=O)cc1. The first kappa shape index (κ1) is 17.0. The van der Waals surface area contributed by atoms with Crippen LogP contribution in [0.1, 0.15) is 45.2 Å². The number of benzene rings is 1. The first-order valence-corrected chi connectivity index (χ1v) is 7.70. The molecule has 0 spiro atoms. The molecule has 23 heavy (non-hydrogen) atoms. The van der Waals surface area contributed by atoms with Gasteiger partial charge in [0, 0.05) is 0 Å². The van der Waals surface area contributed by atoms with Crippen LogP contribution in [0.25, 0.3) is 0 Å². The number of imide groups is 1. The van der Waals surface area contributed by atoms with Gasteiger partial charge in [0.05, 0.1) is 0 Å². The summed E-state index contributed by atoms with van der Waals surface area (Å²) in [5, 5.41) is 12.1. The lowest BCUT2D eigenvalue weighted by atomic mass is 9.85. The quantitative estimate of drug-likeness (QED) is 0.815. The van der Waals surface area contributed by atoms with Crippen molar-refractivity contribution in [3.63, 3.8) is 0 Å². The zero-order valence-electron chi connectivity index (χ0n) is 13.8. The molecule has 0 saturated carbocycles. The Morgan fingerprint density at radius 3 is 2.22 bits per heavy atom. The summed E-state index contributed by atoms with van der Waals surface area (Å²) in [5.74, 6) is -1.75. The molecule has 0 bridgehead atoms. The summed E-state index contributed by atoms with van der Waals surface area (Å²) in [6.07, 6.45) is 1.22. The van der Waals surface area contributed by atoms with E-state index in [0.717, 1.165) is 16.9 Å². The van der Waals surface area contributed by atoms with Crippen molar-refractivity contribution in [1.82, 2.24) is 10.2 Å². The van der Waals surface area contributed by atoms with Gasteiger partial charge in [-0.15, -0.1) is 0 Å². The zero-order valence-corrected chi connectivity index (χ0v) is 13.8. The second-order valence-corrected chi connectivity index (χ2v) is 6.24. The highest BCUT2D eigenvalue weighted by molar-refractivity contribution is 6.10. The molecule has 1 unspecified atom stereocenters. The normalized spacial score (nSPS) is 21.5. The molecule has 1 aromatic carbocycles. The van der Waals surface area contributed by atoms with E-state index in [4.69, 9.17) is 0 Å². The number of rotatable bonds is 5. The van der Waals surface area contributed by atoms with Crippen LogP contribution in [0.3, 0.4) is 0 Å². The topological polar surface area (TPSA) is 86.7 Å². The predicted molar refractivity (Wildman–Crippen MR) is 84.9 cm³/mol. The van der Waals surface area contributed by atoms with E-state index in [9.17, 15) is 19.5 Å². The predicted octanol–water partition coefficient (Wildman–Crippen LogP) is 2.27. The lowest BCUT2D eigenvalue weighted by molar-refractivity contribution is -0.153. The number of carboxylic acid groups (broad SMARTS) is 1. The fourth-order valence-electron chi connectivity index (χ4n) is 2.84. The van der Waals surface area contributed by atoms with Crippen LogP contribution >= 0.6 is 0 Å². The molecule has 6 nitrogen and oxygen atoms in total. The molecule has 1 aliphatic heterocycles. The number of carbonyl (C=O) groups excluding carboxylic acids is 2. The summed E-state index contributed by atoms with van der Waals surface area (Å²) >= 11 is 0. The van der Waals surface area contributed by atoms with Crippen LogP contribution in [0.4, 0.5) is 4.79 Å². The molecular weight excluding hydrogens is 296 g/mol. The first-order chi connectivity index (χ1) is 10.7. The maximum Gasteiger partial charge on any atom is 0.329 e. The molecule has 1 heterocycles. The van der Waals surface area contributed by atoms with Crippen molar-refractivity contribution in [2.45, 2.75) is 51.6 Å². The van der Waals surface area contributed by atoms with Crippen LogP contribution in [0.2, 0.25) is 0 Å². The fraction of sp³-hybridized carbons (Fsp3) is 0.471. The van der Waals surface area contributed by atoms with E-state index in [-0.39, 0.29) is 0 Å². The highest BCUT2D eigenvalue weighted by Gasteiger charge is 2.57. The van der Waals surface area contributed by atoms with E-state index < -0.39 is 29.0 Å². The Bertz CT molecular complexity index is 651. The second-order valence-electron chi connectivity index (χ2n) is 6.24. The smallest absolute Gasteiger partial charge is 0.329 e. The number of hydrogen-bond donors (Lipinski definition) is 2. The van der Waals surface area contributed by atoms with Crippen molar-refractivity contribution in [1.29, 1.82) is 0 Å². The third-order valence-electron chi connectivity index (χ3n) is 4.56. The van der Waals surface area contributed by atoms with Crippen LogP contribution in [0.5, 0.6) is 0 Å². The Morgan fingerprint density at radius 2 is 1.78 bits per heavy atom. The lowest BCUT2D eigenvalue weighted by Gasteiger charge is -2.31. The zero-order chi connectivity index (χ0) is 17.4. The van der Waals surface area contributed by atoms with Gasteiger partial charge < -0.3 is 10.4 Å². The van der Waals surface area contributed by atoms with E-state index in [2.05, 4.69) is 5.32 Å². The summed E-state index contributed by atoms with van der Waals surface area (Å²) in [6.45, 7) is 6.52. The molecule has 3 amide bonds. The molecule has 0 aromatic heterocycles. The molecule has 1 aliphatic rings. The van der Waals surface area contributed by atoms with E-state index >= 15 is 0 Å². The van der Waals surface area contributed by atoms with E-state index in [1.54, 1.807) is 6.92 Å². The Labute approximate surface area is 135 Å². The Balaban J connectivity index is 2.50. The van der Waals surface area contributed by atoms with Gasteiger partial charge in [-0.1, -0.05) is 38.1 Å². The second kappa shape index (κ2) is 5.68. The number of carbonyl (C=O) groups is 3. The molecule has 1 saturated heterocycles. The number of nitrogens with zero attached hydrogens (tertiary/aromatic N) is 1. The van der Waals surface area contributed by atoms with Crippen molar-refractivity contribution in [3.8, 4) is 0 Å². The number of carboxylic acids is 1. The van der Waals surface area contributed by atoms with Gasteiger partial charge in [0.2, 0.25) is 0 Å². The van der Waals surface area contributed by atoms with Crippen molar-refractivity contribution < 1.29 is 19.5 Å². The Kier molecular flexibility index (Phi) is 4.20. The number of urea groups is 1. The van der Waals surface area contributed by atoms with Gasteiger partial charge in [-0.3, -0.25) is 4.79 Å². The van der Waals surface area contributed by atoms with Gasteiger partial charge in [0.15, 0.2) is 0 Å². The van der Waals surface area contributed by atoms with Crippen LogP contribution in [0.15, 0.2) is 24.3 Å². The monoisotopic (exact) mass is 318 g/mol. The molecule has 0 radical (unpaired) electrons.